The van der Waals surface area contributed by atoms with Crippen molar-refractivity contribution in [3.05, 3.63) is 0 Å². The van der Waals surface area contributed by atoms with E-state index in [0.717, 1.165) is 0 Å². The van der Waals surface area contributed by atoms with Crippen molar-refractivity contribution in [3.63, 3.8) is 0 Å². The van der Waals surface area contributed by atoms with Crippen molar-refractivity contribution in [1.29, 1.82) is 0 Å². The molecule has 0 spiro atoms. The molecule has 1 saturated carbocycles. The van der Waals surface area contributed by atoms with E-state index in [1.165, 1.54) is 0 Å². The van der Waals surface area contributed by atoms with Crippen LogP contribution in [0.4, 0.5) is 13.2 Å². The number of halogens is 4. The summed E-state index contributed by atoms with van der Waals surface area (Å²) in [6.45, 7) is 0.802. The Labute approximate surface area is 119 Å². The molecule has 3 nitrogen and oxygen atoms in total. The minimum atomic E-state index is -4.19. The van der Waals surface area contributed by atoms with Gasteiger partial charge >= 0.3 is 6.18 Å². The lowest BCUT2D eigenvalue weighted by atomic mass is 9.80. The van der Waals surface area contributed by atoms with Crippen LogP contribution in [0.25, 0.3) is 0 Å². The second-order valence-corrected chi connectivity index (χ2v) is 6.19. The maximum atomic E-state index is 12.6. The molecule has 0 saturated heterocycles. The van der Waals surface area contributed by atoms with Gasteiger partial charge in [0.1, 0.15) is 0 Å². The van der Waals surface area contributed by atoms with E-state index >= 15 is 0 Å². The van der Waals surface area contributed by atoms with Gasteiger partial charge in [-0.2, -0.15) is 13.2 Å². The first-order valence-corrected chi connectivity index (χ1v) is 7.23. The number of carbonyl (C=O) groups is 1. The Morgan fingerprint density at radius 3 is 2.74 bits per heavy atom. The fourth-order valence-electron chi connectivity index (χ4n) is 2.32. The number of hydrogen-bond acceptors (Lipinski definition) is 2. The number of nitrogens with one attached hydrogen (secondary N) is 1. The molecule has 7 heteroatoms. The lowest BCUT2D eigenvalue weighted by Crippen LogP contribution is -2.39. The van der Waals surface area contributed by atoms with Crippen LogP contribution in [0.3, 0.4) is 0 Å². The molecule has 0 heterocycles. The maximum Gasteiger partial charge on any atom is 0.391 e. The molecule has 0 bridgehead atoms. The van der Waals surface area contributed by atoms with E-state index in [0.29, 0.717) is 26.0 Å². The summed E-state index contributed by atoms with van der Waals surface area (Å²) in [6.07, 6.45) is -3.15. The fraction of sp³-hybridized carbons (Fsp3) is 0.917. The molecule has 19 heavy (non-hydrogen) atoms. The second kappa shape index (κ2) is 7.47. The quantitative estimate of drug-likeness (QED) is 0.778. The molecule has 0 aromatic rings. The van der Waals surface area contributed by atoms with Crippen LogP contribution in [0.1, 0.15) is 25.7 Å². The first-order valence-electron chi connectivity index (χ1n) is 6.32. The lowest BCUT2D eigenvalue weighted by molar-refractivity contribution is -0.186. The lowest BCUT2D eigenvalue weighted by Gasteiger charge is -2.29. The van der Waals surface area contributed by atoms with Gasteiger partial charge in [0.2, 0.25) is 5.91 Å². The zero-order chi connectivity index (χ0) is 14.5. The minimum Gasteiger partial charge on any atom is -0.383 e. The molecular weight excluding hydrogens is 327 g/mol. The number of methoxy groups -OCH3 is 1. The standard InChI is InChI=1S/C12H19BrF3NO2/c1-19-7-10(13)6-17-11(18)8-3-2-4-9(5-8)12(14,15)16/h8-10H,2-7H2,1H3,(H,17,18). The van der Waals surface area contributed by atoms with Crippen LogP contribution in [0.2, 0.25) is 0 Å². The second-order valence-electron chi connectivity index (χ2n) is 4.90. The molecule has 3 unspecified atom stereocenters. The van der Waals surface area contributed by atoms with Gasteiger partial charge in [-0.25, -0.2) is 0 Å². The average Bonchev–Trinajstić information content (AvgIpc) is 2.35. The highest BCUT2D eigenvalue weighted by Crippen LogP contribution is 2.39. The van der Waals surface area contributed by atoms with Crippen molar-refractivity contribution in [3.8, 4) is 0 Å². The number of alkyl halides is 4. The summed E-state index contributed by atoms with van der Waals surface area (Å²) in [4.78, 5) is 11.8. The van der Waals surface area contributed by atoms with Gasteiger partial charge in [-0.15, -0.1) is 0 Å². The highest BCUT2D eigenvalue weighted by molar-refractivity contribution is 9.09. The van der Waals surface area contributed by atoms with Crippen molar-refractivity contribution in [2.24, 2.45) is 11.8 Å². The number of amides is 1. The highest BCUT2D eigenvalue weighted by atomic mass is 79.9. The number of hydrogen-bond donors (Lipinski definition) is 1. The molecule has 0 aromatic carbocycles. The fourth-order valence-corrected chi connectivity index (χ4v) is 2.75. The molecular formula is C12H19BrF3NO2. The van der Waals surface area contributed by atoms with Gasteiger partial charge in [-0.1, -0.05) is 22.4 Å². The Morgan fingerprint density at radius 1 is 1.47 bits per heavy atom. The van der Waals surface area contributed by atoms with Crippen LogP contribution in [0, 0.1) is 11.8 Å². The SMILES string of the molecule is COCC(Br)CNC(=O)C1CCCC(C(F)(F)F)C1. The molecule has 1 amide bonds. The summed E-state index contributed by atoms with van der Waals surface area (Å²) < 4.78 is 42.8. The normalized spacial score (nSPS) is 25.9. The highest BCUT2D eigenvalue weighted by Gasteiger charge is 2.43. The predicted molar refractivity (Wildman–Crippen MR) is 69.1 cm³/mol. The molecule has 1 rings (SSSR count). The summed E-state index contributed by atoms with van der Waals surface area (Å²) in [7, 11) is 1.55. The van der Waals surface area contributed by atoms with Crippen LogP contribution in [0.5, 0.6) is 0 Å². The topological polar surface area (TPSA) is 38.3 Å². The summed E-state index contributed by atoms with van der Waals surface area (Å²) in [6, 6.07) is 0. The third-order valence-corrected chi connectivity index (χ3v) is 3.94. The third kappa shape index (κ3) is 5.69. The van der Waals surface area contributed by atoms with Crippen molar-refractivity contribution >= 4 is 21.8 Å². The zero-order valence-electron chi connectivity index (χ0n) is 10.8. The summed E-state index contributed by atoms with van der Waals surface area (Å²) >= 11 is 3.31. The van der Waals surface area contributed by atoms with Crippen LogP contribution >= 0.6 is 15.9 Å². The third-order valence-electron chi connectivity index (χ3n) is 3.35. The summed E-state index contributed by atoms with van der Waals surface area (Å²) in [5.41, 5.74) is 0. The molecule has 0 aromatic heterocycles. The maximum absolute atomic E-state index is 12.6. The van der Waals surface area contributed by atoms with Crippen LogP contribution in [-0.2, 0) is 9.53 Å². The van der Waals surface area contributed by atoms with E-state index in [1.807, 2.05) is 0 Å². The van der Waals surface area contributed by atoms with E-state index in [9.17, 15) is 18.0 Å². The van der Waals surface area contributed by atoms with Crippen LogP contribution in [0.15, 0.2) is 0 Å². The average molecular weight is 346 g/mol. The monoisotopic (exact) mass is 345 g/mol. The number of ether oxygens (including phenoxy) is 1. The van der Waals surface area contributed by atoms with Crippen LogP contribution < -0.4 is 5.32 Å². The van der Waals surface area contributed by atoms with E-state index in [1.54, 1.807) is 7.11 Å². The van der Waals surface area contributed by atoms with Gasteiger partial charge in [0, 0.05) is 19.6 Å². The van der Waals surface area contributed by atoms with Crippen molar-refractivity contribution in [2.45, 2.75) is 36.7 Å². The van der Waals surface area contributed by atoms with Crippen LogP contribution in [-0.4, -0.2) is 37.2 Å². The Hall–Kier alpha value is -0.300. The predicted octanol–water partition coefficient (Wildman–Crippen LogP) is 2.88. The van der Waals surface area contributed by atoms with Crippen molar-refractivity contribution < 1.29 is 22.7 Å². The molecule has 1 aliphatic carbocycles. The van der Waals surface area contributed by atoms with Gasteiger partial charge in [-0.05, 0) is 19.3 Å². The van der Waals surface area contributed by atoms with E-state index in [2.05, 4.69) is 21.2 Å². The molecule has 0 aliphatic heterocycles. The minimum absolute atomic E-state index is 0.0246. The molecule has 112 valence electrons. The molecule has 3 atom stereocenters. The van der Waals surface area contributed by atoms with E-state index in [-0.39, 0.29) is 23.6 Å². The molecule has 1 aliphatic rings. The Bertz CT molecular complexity index is 299. The molecule has 0 radical (unpaired) electrons. The largest absolute Gasteiger partial charge is 0.391 e. The van der Waals surface area contributed by atoms with E-state index in [4.69, 9.17) is 4.74 Å². The van der Waals surface area contributed by atoms with Gasteiger partial charge < -0.3 is 10.1 Å². The Balaban J connectivity index is 2.40. The smallest absolute Gasteiger partial charge is 0.383 e. The first-order chi connectivity index (χ1) is 8.84. The first kappa shape index (κ1) is 16.8. The zero-order valence-corrected chi connectivity index (χ0v) is 12.4. The van der Waals surface area contributed by atoms with Crippen molar-refractivity contribution in [2.75, 3.05) is 20.3 Å². The van der Waals surface area contributed by atoms with Gasteiger partial charge in [0.25, 0.3) is 0 Å². The molecule has 1 fully saturated rings. The number of carbonyl (C=O) groups excluding carboxylic acids is 1. The van der Waals surface area contributed by atoms with Gasteiger partial charge in [0.05, 0.1) is 17.4 Å². The van der Waals surface area contributed by atoms with Gasteiger partial charge in [-0.3, -0.25) is 4.79 Å². The summed E-state index contributed by atoms with van der Waals surface area (Å²) in [5, 5.41) is 2.68. The Morgan fingerprint density at radius 2 is 2.16 bits per heavy atom. The van der Waals surface area contributed by atoms with Gasteiger partial charge in [0.15, 0.2) is 0 Å². The molecule has 1 N–H and O–H groups in total. The van der Waals surface area contributed by atoms with E-state index < -0.39 is 18.0 Å². The van der Waals surface area contributed by atoms with Crippen molar-refractivity contribution in [1.82, 2.24) is 5.32 Å². The number of rotatable bonds is 5. The summed E-state index contributed by atoms with van der Waals surface area (Å²) in [5.74, 6) is -2.15. The Kier molecular flexibility index (Phi) is 6.59.